The van der Waals surface area contributed by atoms with Crippen LogP contribution in [-0.2, 0) is 24.4 Å². The third-order valence-corrected chi connectivity index (χ3v) is 12.2. The average molecular weight is 692 g/mol. The number of nitrogens with one attached hydrogen (secondary N) is 3. The van der Waals surface area contributed by atoms with Crippen LogP contribution in [0.5, 0.6) is 5.88 Å². The molecule has 13 nitrogen and oxygen atoms in total. The fourth-order valence-electron chi connectivity index (χ4n) is 7.52. The van der Waals surface area contributed by atoms with E-state index >= 15 is 0 Å². The molecule has 2 aliphatic heterocycles. The van der Waals surface area contributed by atoms with Crippen molar-refractivity contribution in [2.24, 2.45) is 5.92 Å². The van der Waals surface area contributed by atoms with Gasteiger partial charge in [0, 0.05) is 17.2 Å². The molecule has 4 N–H and O–H groups in total. The van der Waals surface area contributed by atoms with Crippen LogP contribution in [0, 0.1) is 5.92 Å². The molecular weight excluding hydrogens is 650 g/mol. The maximum Gasteiger partial charge on any atom is 0.405 e. The Labute approximate surface area is 284 Å². The molecule has 3 heterocycles. The van der Waals surface area contributed by atoms with Gasteiger partial charge < -0.3 is 25.4 Å². The molecule has 0 spiro atoms. The minimum absolute atomic E-state index is 0.0176. The number of amides is 4. The lowest BCUT2D eigenvalue weighted by molar-refractivity contribution is -0.141. The first kappa shape index (κ1) is 33.1. The van der Waals surface area contributed by atoms with Gasteiger partial charge in [0.15, 0.2) is 0 Å². The fourth-order valence-corrected chi connectivity index (χ4v) is 8.89. The zero-order valence-corrected chi connectivity index (χ0v) is 27.9. The van der Waals surface area contributed by atoms with Crippen molar-refractivity contribution in [3.05, 3.63) is 48.5 Å². The van der Waals surface area contributed by atoms with Crippen molar-refractivity contribution in [2.75, 3.05) is 6.54 Å². The number of ether oxygens (including phenoxy) is 1. The van der Waals surface area contributed by atoms with Gasteiger partial charge in [-0.05, 0) is 55.5 Å². The van der Waals surface area contributed by atoms with Crippen LogP contribution >= 0.6 is 0 Å². The topological polar surface area (TPSA) is 184 Å². The number of para-hydroxylation sites is 1. The second-order valence-electron chi connectivity index (χ2n) is 13.8. The average Bonchev–Trinajstić information content (AvgIpc) is 4.00. The molecule has 260 valence electrons. The SMILES string of the molecule is O=C(O)NC1CCCCCCCC2CC2(C(=O)NS(=O)(=O)C2CC2)NC(=O)C2CC(Oc3nc4ccccc4c4ccccc34)CN2C1=O. The molecule has 1 aromatic heterocycles. The predicted octanol–water partition coefficient (Wildman–Crippen LogP) is 3.60. The highest BCUT2D eigenvalue weighted by Gasteiger charge is 2.62. The zero-order valence-electron chi connectivity index (χ0n) is 27.1. The van der Waals surface area contributed by atoms with Gasteiger partial charge in [0.05, 0.1) is 17.3 Å². The number of nitrogens with zero attached hydrogens (tertiary/aromatic N) is 2. The number of carbonyl (C=O) groups excluding carboxylic acids is 3. The van der Waals surface area contributed by atoms with Crippen LogP contribution in [-0.4, -0.2) is 82.7 Å². The lowest BCUT2D eigenvalue weighted by Gasteiger charge is -2.29. The monoisotopic (exact) mass is 691 g/mol. The molecule has 2 saturated heterocycles. The van der Waals surface area contributed by atoms with E-state index in [9.17, 15) is 32.7 Å². The summed E-state index contributed by atoms with van der Waals surface area (Å²) < 4.78 is 34.2. The van der Waals surface area contributed by atoms with Gasteiger partial charge in [-0.3, -0.25) is 19.1 Å². The number of hydrogen-bond acceptors (Lipinski definition) is 8. The summed E-state index contributed by atoms with van der Waals surface area (Å²) >= 11 is 0. The molecule has 7 rings (SSSR count). The van der Waals surface area contributed by atoms with E-state index in [2.05, 4.69) is 15.4 Å². The Bertz CT molecular complexity index is 1920. The third kappa shape index (κ3) is 6.75. The molecule has 14 heteroatoms. The molecule has 2 saturated carbocycles. The number of sulfonamides is 1. The summed E-state index contributed by atoms with van der Waals surface area (Å²) in [5, 5.41) is 16.9. The highest BCUT2D eigenvalue weighted by Crippen LogP contribution is 2.48. The van der Waals surface area contributed by atoms with Gasteiger partial charge >= 0.3 is 6.09 Å². The molecule has 4 amide bonds. The lowest BCUT2D eigenvalue weighted by Crippen LogP contribution is -2.58. The lowest BCUT2D eigenvalue weighted by atomic mass is 10.0. The minimum atomic E-state index is -3.86. The molecular formula is C35H41N5O8S. The van der Waals surface area contributed by atoms with E-state index < -0.39 is 62.8 Å². The molecule has 3 aromatic rings. The molecule has 0 radical (unpaired) electrons. The Hall–Kier alpha value is -4.46. The summed E-state index contributed by atoms with van der Waals surface area (Å²) in [7, 11) is -3.86. The number of fused-ring (bicyclic) bond motifs is 5. The van der Waals surface area contributed by atoms with Crippen LogP contribution in [0.15, 0.2) is 48.5 Å². The van der Waals surface area contributed by atoms with E-state index in [0.29, 0.717) is 38.0 Å². The first-order chi connectivity index (χ1) is 23.6. The minimum Gasteiger partial charge on any atom is -0.472 e. The Morgan fingerprint density at radius 2 is 1.59 bits per heavy atom. The van der Waals surface area contributed by atoms with E-state index in [0.717, 1.165) is 47.4 Å². The molecule has 4 fully saturated rings. The molecule has 2 aromatic carbocycles. The van der Waals surface area contributed by atoms with Crippen molar-refractivity contribution < 1.29 is 37.4 Å². The van der Waals surface area contributed by atoms with Gasteiger partial charge in [-0.25, -0.2) is 18.2 Å². The number of carboxylic acid groups (broad SMARTS) is 1. The molecule has 5 unspecified atom stereocenters. The fraction of sp³-hybridized carbons (Fsp3) is 0.514. The van der Waals surface area contributed by atoms with Crippen LogP contribution in [0.25, 0.3) is 21.7 Å². The quantitative estimate of drug-likeness (QED) is 0.281. The zero-order chi connectivity index (χ0) is 34.3. The molecule has 0 bridgehead atoms. The van der Waals surface area contributed by atoms with Gasteiger partial charge in [-0.15, -0.1) is 0 Å². The molecule has 2 aliphatic carbocycles. The van der Waals surface area contributed by atoms with Crippen LogP contribution in [0.1, 0.15) is 70.6 Å². The van der Waals surface area contributed by atoms with Gasteiger partial charge in [0.25, 0.3) is 5.91 Å². The van der Waals surface area contributed by atoms with Crippen molar-refractivity contribution >= 4 is 55.5 Å². The largest absolute Gasteiger partial charge is 0.472 e. The first-order valence-electron chi connectivity index (χ1n) is 17.2. The van der Waals surface area contributed by atoms with Crippen LogP contribution < -0.4 is 20.1 Å². The molecule has 5 atom stereocenters. The van der Waals surface area contributed by atoms with E-state index in [1.165, 1.54) is 4.90 Å². The second kappa shape index (κ2) is 13.1. The van der Waals surface area contributed by atoms with E-state index in [1.807, 2.05) is 48.5 Å². The first-order valence-corrected chi connectivity index (χ1v) is 18.7. The molecule has 4 aliphatic rings. The number of rotatable bonds is 6. The Kier molecular flexibility index (Phi) is 8.84. The van der Waals surface area contributed by atoms with Gasteiger partial charge in [-0.1, -0.05) is 68.5 Å². The number of benzene rings is 2. The standard InChI is InChI=1S/C35H41N5O8S/c41-30-29-18-22(48-31-26-13-7-6-11-24(26)25-12-8-9-14-27(25)36-31)20-40(29)32(42)28(37-34(44)45)15-5-3-1-2-4-10-21-19-35(21,38-30)33(43)39-49(46,47)23-16-17-23/h6-9,11-14,21-23,28-29,37H,1-5,10,15-20H2,(H,38,41)(H,39,43)(H,44,45). The van der Waals surface area contributed by atoms with Crippen molar-refractivity contribution in [1.82, 2.24) is 25.2 Å². The number of aromatic nitrogens is 1. The van der Waals surface area contributed by atoms with Crippen molar-refractivity contribution in [2.45, 2.75) is 99.6 Å². The maximum atomic E-state index is 14.2. The van der Waals surface area contributed by atoms with Crippen LogP contribution in [0.3, 0.4) is 0 Å². The van der Waals surface area contributed by atoms with Crippen molar-refractivity contribution in [3.8, 4) is 5.88 Å². The van der Waals surface area contributed by atoms with Crippen molar-refractivity contribution in [1.29, 1.82) is 0 Å². The summed E-state index contributed by atoms with van der Waals surface area (Å²) in [5.74, 6) is -1.81. The van der Waals surface area contributed by atoms with E-state index in [4.69, 9.17) is 9.72 Å². The Morgan fingerprint density at radius 1 is 0.918 bits per heavy atom. The van der Waals surface area contributed by atoms with Crippen LogP contribution in [0.2, 0.25) is 0 Å². The maximum absolute atomic E-state index is 14.2. The van der Waals surface area contributed by atoms with Crippen molar-refractivity contribution in [3.63, 3.8) is 0 Å². The summed E-state index contributed by atoms with van der Waals surface area (Å²) in [6.45, 7) is -0.0176. The highest BCUT2D eigenvalue weighted by atomic mass is 32.2. The second-order valence-corrected chi connectivity index (χ2v) is 15.8. The normalized spacial score (nSPS) is 28.0. The van der Waals surface area contributed by atoms with Gasteiger partial charge in [0.1, 0.15) is 23.7 Å². The Balaban J connectivity index is 1.20. The van der Waals surface area contributed by atoms with Gasteiger partial charge in [0.2, 0.25) is 27.7 Å². The number of carbonyl (C=O) groups is 4. The highest BCUT2D eigenvalue weighted by molar-refractivity contribution is 7.91. The summed E-state index contributed by atoms with van der Waals surface area (Å²) in [5.41, 5.74) is -0.695. The smallest absolute Gasteiger partial charge is 0.405 e. The van der Waals surface area contributed by atoms with E-state index in [-0.39, 0.29) is 25.3 Å². The van der Waals surface area contributed by atoms with Gasteiger partial charge in [-0.2, -0.15) is 0 Å². The van der Waals surface area contributed by atoms with Crippen LogP contribution in [0.4, 0.5) is 4.79 Å². The number of pyridine rings is 1. The summed E-state index contributed by atoms with van der Waals surface area (Å²) in [6, 6.07) is 13.2. The summed E-state index contributed by atoms with van der Waals surface area (Å²) in [6.07, 6.45) is 4.11. The predicted molar refractivity (Wildman–Crippen MR) is 180 cm³/mol. The van der Waals surface area contributed by atoms with E-state index in [1.54, 1.807) is 0 Å². The summed E-state index contributed by atoms with van der Waals surface area (Å²) in [4.78, 5) is 59.8. The third-order valence-electron chi connectivity index (χ3n) is 10.4. The molecule has 49 heavy (non-hydrogen) atoms. The Morgan fingerprint density at radius 3 is 2.33 bits per heavy atom. The number of hydrogen-bond donors (Lipinski definition) is 4.